The summed E-state index contributed by atoms with van der Waals surface area (Å²) in [5.41, 5.74) is 9.47. The number of aromatic nitrogens is 1. The molecule has 3 rings (SSSR count). The summed E-state index contributed by atoms with van der Waals surface area (Å²) < 4.78 is 13.7. The van der Waals surface area contributed by atoms with Crippen LogP contribution in [-0.4, -0.2) is 4.98 Å². The first-order valence-corrected chi connectivity index (χ1v) is 6.17. The summed E-state index contributed by atoms with van der Waals surface area (Å²) in [5.74, 6) is -0.0275. The highest BCUT2D eigenvalue weighted by atomic mass is 19.1. The predicted molar refractivity (Wildman–Crippen MR) is 68.5 cm³/mol. The molecule has 0 fully saturated rings. The molecule has 1 aliphatic carbocycles. The number of pyridine rings is 1. The minimum Gasteiger partial charge on any atom is -0.324 e. The quantitative estimate of drug-likeness (QED) is 0.879. The lowest BCUT2D eigenvalue weighted by atomic mass is 9.92. The van der Waals surface area contributed by atoms with Gasteiger partial charge in [0.05, 0.1) is 6.20 Å². The van der Waals surface area contributed by atoms with E-state index in [9.17, 15) is 4.39 Å². The molecule has 1 unspecified atom stereocenters. The average Bonchev–Trinajstić information content (AvgIpc) is 2.82. The molecule has 0 radical (unpaired) electrons. The van der Waals surface area contributed by atoms with Crippen LogP contribution in [0.1, 0.15) is 22.7 Å². The van der Waals surface area contributed by atoms with Gasteiger partial charge in [0.15, 0.2) is 0 Å². The Kier molecular flexibility index (Phi) is 2.84. The molecule has 1 aromatic carbocycles. The van der Waals surface area contributed by atoms with Crippen molar-refractivity contribution in [3.05, 3.63) is 65.2 Å². The van der Waals surface area contributed by atoms with Crippen LogP contribution >= 0.6 is 0 Å². The summed E-state index contributed by atoms with van der Waals surface area (Å²) in [6.07, 6.45) is 4.69. The molecule has 2 aromatic rings. The maximum absolute atomic E-state index is 13.7. The van der Waals surface area contributed by atoms with Gasteiger partial charge in [0.1, 0.15) is 5.82 Å². The first kappa shape index (κ1) is 11.4. The Morgan fingerprint density at radius 2 is 1.83 bits per heavy atom. The van der Waals surface area contributed by atoms with E-state index in [1.807, 2.05) is 12.1 Å². The second-order valence-electron chi connectivity index (χ2n) is 4.86. The van der Waals surface area contributed by atoms with Gasteiger partial charge in [-0.25, -0.2) is 4.39 Å². The average molecular weight is 242 g/mol. The molecule has 2 N–H and O–H groups in total. The molecule has 3 heteroatoms. The molecule has 1 atom stereocenters. The van der Waals surface area contributed by atoms with E-state index >= 15 is 0 Å². The van der Waals surface area contributed by atoms with Crippen molar-refractivity contribution in [3.63, 3.8) is 0 Å². The van der Waals surface area contributed by atoms with Crippen LogP contribution in [0.25, 0.3) is 0 Å². The van der Waals surface area contributed by atoms with Crippen molar-refractivity contribution < 1.29 is 4.39 Å². The molecule has 0 saturated carbocycles. The Labute approximate surface area is 106 Å². The first-order chi connectivity index (χ1) is 8.75. The van der Waals surface area contributed by atoms with Gasteiger partial charge in [-0.2, -0.15) is 0 Å². The summed E-state index contributed by atoms with van der Waals surface area (Å²) in [6, 6.07) is 9.76. The third-order valence-corrected chi connectivity index (χ3v) is 3.75. The zero-order valence-electron chi connectivity index (χ0n) is 10.0. The zero-order chi connectivity index (χ0) is 12.5. The van der Waals surface area contributed by atoms with Crippen molar-refractivity contribution in [2.75, 3.05) is 0 Å². The van der Waals surface area contributed by atoms with Crippen LogP contribution in [0, 0.1) is 11.7 Å². The molecule has 1 aliphatic rings. The second kappa shape index (κ2) is 4.50. The van der Waals surface area contributed by atoms with Gasteiger partial charge in [-0.15, -0.1) is 0 Å². The molecule has 1 heterocycles. The molecule has 0 saturated heterocycles. The van der Waals surface area contributed by atoms with Gasteiger partial charge in [0, 0.05) is 17.8 Å². The largest absolute Gasteiger partial charge is 0.324 e. The van der Waals surface area contributed by atoms with Gasteiger partial charge in [0.2, 0.25) is 0 Å². The molecule has 1 aromatic heterocycles. The SMILES string of the molecule is NC(c1ccncc1F)C1Cc2ccccc2C1. The van der Waals surface area contributed by atoms with Gasteiger partial charge in [0.25, 0.3) is 0 Å². The van der Waals surface area contributed by atoms with E-state index in [4.69, 9.17) is 5.73 Å². The van der Waals surface area contributed by atoms with Crippen molar-refractivity contribution in [1.29, 1.82) is 0 Å². The highest BCUT2D eigenvalue weighted by molar-refractivity contribution is 5.34. The summed E-state index contributed by atoms with van der Waals surface area (Å²) in [6.45, 7) is 0. The Morgan fingerprint density at radius 3 is 2.44 bits per heavy atom. The van der Waals surface area contributed by atoms with Crippen LogP contribution in [0.15, 0.2) is 42.7 Å². The number of halogens is 1. The van der Waals surface area contributed by atoms with E-state index in [0.29, 0.717) is 5.56 Å². The third-order valence-electron chi connectivity index (χ3n) is 3.75. The Morgan fingerprint density at radius 1 is 1.17 bits per heavy atom. The molecule has 0 spiro atoms. The Bertz CT molecular complexity index is 543. The molecule has 18 heavy (non-hydrogen) atoms. The number of nitrogens with two attached hydrogens (primary N) is 1. The Hall–Kier alpha value is -1.74. The molecule has 2 nitrogen and oxygen atoms in total. The van der Waals surface area contributed by atoms with Crippen molar-refractivity contribution in [2.45, 2.75) is 18.9 Å². The number of rotatable bonds is 2. The molecule has 92 valence electrons. The monoisotopic (exact) mass is 242 g/mol. The molecule has 0 bridgehead atoms. The highest BCUT2D eigenvalue weighted by Crippen LogP contribution is 2.34. The van der Waals surface area contributed by atoms with E-state index < -0.39 is 0 Å². The first-order valence-electron chi connectivity index (χ1n) is 6.17. The summed E-state index contributed by atoms with van der Waals surface area (Å²) in [4.78, 5) is 3.76. The van der Waals surface area contributed by atoms with E-state index in [1.165, 1.54) is 17.3 Å². The number of fused-ring (bicyclic) bond motifs is 1. The van der Waals surface area contributed by atoms with Crippen molar-refractivity contribution >= 4 is 0 Å². The van der Waals surface area contributed by atoms with Crippen LogP contribution in [0.2, 0.25) is 0 Å². The number of hydrogen-bond acceptors (Lipinski definition) is 2. The van der Waals surface area contributed by atoms with Gasteiger partial charge < -0.3 is 5.73 Å². The lowest BCUT2D eigenvalue weighted by Crippen LogP contribution is -2.23. The smallest absolute Gasteiger partial charge is 0.146 e. The minimum atomic E-state index is -0.305. The van der Waals surface area contributed by atoms with Crippen LogP contribution < -0.4 is 5.73 Å². The number of hydrogen-bond donors (Lipinski definition) is 1. The Balaban J connectivity index is 1.85. The number of benzene rings is 1. The molecular weight excluding hydrogens is 227 g/mol. The topological polar surface area (TPSA) is 38.9 Å². The lowest BCUT2D eigenvalue weighted by Gasteiger charge is -2.19. The normalized spacial score (nSPS) is 16.6. The molecular formula is C15H15FN2. The van der Waals surface area contributed by atoms with Crippen LogP contribution in [0.5, 0.6) is 0 Å². The highest BCUT2D eigenvalue weighted by Gasteiger charge is 2.28. The molecule has 0 aliphatic heterocycles. The van der Waals surface area contributed by atoms with Crippen LogP contribution in [-0.2, 0) is 12.8 Å². The maximum Gasteiger partial charge on any atom is 0.146 e. The fourth-order valence-corrected chi connectivity index (χ4v) is 2.76. The van der Waals surface area contributed by atoms with Crippen LogP contribution in [0.4, 0.5) is 4.39 Å². The fourth-order valence-electron chi connectivity index (χ4n) is 2.76. The second-order valence-corrected chi connectivity index (χ2v) is 4.86. The van der Waals surface area contributed by atoms with E-state index in [-0.39, 0.29) is 17.8 Å². The van der Waals surface area contributed by atoms with Crippen molar-refractivity contribution in [3.8, 4) is 0 Å². The van der Waals surface area contributed by atoms with E-state index in [0.717, 1.165) is 12.8 Å². The van der Waals surface area contributed by atoms with Gasteiger partial charge in [-0.05, 0) is 36.0 Å². The van der Waals surface area contributed by atoms with Crippen LogP contribution in [0.3, 0.4) is 0 Å². The predicted octanol–water partition coefficient (Wildman–Crippen LogP) is 2.64. The standard InChI is InChI=1S/C15H15FN2/c16-14-9-18-6-5-13(14)15(17)12-7-10-3-1-2-4-11(10)8-12/h1-6,9,12,15H,7-8,17H2. The molecule has 0 amide bonds. The fraction of sp³-hybridized carbons (Fsp3) is 0.267. The van der Waals surface area contributed by atoms with E-state index in [2.05, 4.69) is 17.1 Å². The summed E-state index contributed by atoms with van der Waals surface area (Å²) >= 11 is 0. The zero-order valence-corrected chi connectivity index (χ0v) is 10.0. The maximum atomic E-state index is 13.7. The minimum absolute atomic E-state index is 0.264. The van der Waals surface area contributed by atoms with Gasteiger partial charge >= 0.3 is 0 Å². The van der Waals surface area contributed by atoms with Gasteiger partial charge in [-0.1, -0.05) is 24.3 Å². The van der Waals surface area contributed by atoms with Gasteiger partial charge in [-0.3, -0.25) is 4.98 Å². The summed E-state index contributed by atoms with van der Waals surface area (Å²) in [7, 11) is 0. The number of nitrogens with zero attached hydrogens (tertiary/aromatic N) is 1. The van der Waals surface area contributed by atoms with Crippen molar-refractivity contribution in [1.82, 2.24) is 4.98 Å². The third kappa shape index (κ3) is 1.91. The lowest BCUT2D eigenvalue weighted by molar-refractivity contribution is 0.435. The summed E-state index contributed by atoms with van der Waals surface area (Å²) in [5, 5.41) is 0. The van der Waals surface area contributed by atoms with Crippen molar-refractivity contribution in [2.24, 2.45) is 11.7 Å². The van der Waals surface area contributed by atoms with E-state index in [1.54, 1.807) is 12.3 Å².